The zero-order valence-electron chi connectivity index (χ0n) is 19.0. The first-order valence-electron chi connectivity index (χ1n) is 11.2. The number of nitrogens with zero attached hydrogens (tertiary/aromatic N) is 3. The number of ether oxygens (including phenoxy) is 2. The highest BCUT2D eigenvalue weighted by molar-refractivity contribution is 5.69. The molecule has 1 saturated carbocycles. The van der Waals surface area contributed by atoms with Crippen LogP contribution in [0.25, 0.3) is 16.9 Å². The van der Waals surface area contributed by atoms with Gasteiger partial charge in [0.25, 0.3) is 0 Å². The van der Waals surface area contributed by atoms with Gasteiger partial charge in [-0.15, -0.1) is 0 Å². The lowest BCUT2D eigenvalue weighted by atomic mass is 9.95. The molecule has 5 rings (SSSR count). The van der Waals surface area contributed by atoms with Crippen LogP contribution in [0.15, 0.2) is 30.5 Å². The normalized spacial score (nSPS) is 19.7. The highest BCUT2D eigenvalue weighted by Gasteiger charge is 2.40. The second-order valence-electron chi connectivity index (χ2n) is 9.33. The van der Waals surface area contributed by atoms with E-state index in [-0.39, 0.29) is 22.8 Å². The lowest BCUT2D eigenvalue weighted by Gasteiger charge is -2.32. The first-order chi connectivity index (χ1) is 15.8. The minimum Gasteiger partial charge on any atom is -0.453 e. The van der Waals surface area contributed by atoms with E-state index in [4.69, 9.17) is 9.47 Å². The van der Waals surface area contributed by atoms with Crippen molar-refractivity contribution in [3.63, 3.8) is 0 Å². The van der Waals surface area contributed by atoms with Crippen LogP contribution in [0.3, 0.4) is 0 Å². The van der Waals surface area contributed by atoms with Crippen LogP contribution < -0.4 is 0 Å². The molecule has 2 fully saturated rings. The van der Waals surface area contributed by atoms with E-state index in [0.717, 1.165) is 18.4 Å². The van der Waals surface area contributed by atoms with Gasteiger partial charge in [0.1, 0.15) is 17.3 Å². The zero-order chi connectivity index (χ0) is 23.3. The largest absolute Gasteiger partial charge is 0.453 e. The van der Waals surface area contributed by atoms with Crippen LogP contribution in [-0.2, 0) is 21.3 Å². The molecule has 1 unspecified atom stereocenters. The van der Waals surface area contributed by atoms with Gasteiger partial charge < -0.3 is 18.8 Å². The summed E-state index contributed by atoms with van der Waals surface area (Å²) in [6, 6.07) is 6.69. The van der Waals surface area contributed by atoms with E-state index in [1.54, 1.807) is 4.90 Å². The molecular weight excluding hydrogens is 428 g/mol. The summed E-state index contributed by atoms with van der Waals surface area (Å²) in [6.07, 6.45) is 3.28. The van der Waals surface area contributed by atoms with Gasteiger partial charge in [0.15, 0.2) is 0 Å². The predicted molar refractivity (Wildman–Crippen MR) is 119 cm³/mol. The van der Waals surface area contributed by atoms with Crippen LogP contribution in [0, 0.1) is 18.6 Å². The van der Waals surface area contributed by atoms with Gasteiger partial charge in [0.2, 0.25) is 0 Å². The molecule has 3 aromatic rings. The number of benzene rings is 1. The highest BCUT2D eigenvalue weighted by atomic mass is 19.1. The maximum Gasteiger partial charge on any atom is 0.409 e. The summed E-state index contributed by atoms with van der Waals surface area (Å²) in [5.74, 6) is -1.22. The maximum atomic E-state index is 15.3. The number of rotatable bonds is 4. The molecular formula is C25H27F2N3O3. The minimum absolute atomic E-state index is 0.125. The fraction of sp³-hybridized carbons (Fsp3) is 0.440. The fourth-order valence-electron chi connectivity index (χ4n) is 4.57. The number of fused-ring (bicyclic) bond motifs is 1. The minimum atomic E-state index is -0.611. The van der Waals surface area contributed by atoms with Crippen molar-refractivity contribution in [2.24, 2.45) is 0 Å². The van der Waals surface area contributed by atoms with Crippen molar-refractivity contribution in [1.82, 2.24) is 14.3 Å². The summed E-state index contributed by atoms with van der Waals surface area (Å²) < 4.78 is 43.3. The summed E-state index contributed by atoms with van der Waals surface area (Å²) in [5, 5.41) is 0. The molecule has 174 valence electrons. The van der Waals surface area contributed by atoms with E-state index in [2.05, 4.69) is 4.98 Å². The van der Waals surface area contributed by atoms with Crippen LogP contribution in [0.4, 0.5) is 13.6 Å². The molecule has 1 amide bonds. The van der Waals surface area contributed by atoms with Gasteiger partial charge >= 0.3 is 6.09 Å². The van der Waals surface area contributed by atoms with Crippen molar-refractivity contribution in [2.75, 3.05) is 26.8 Å². The van der Waals surface area contributed by atoms with Crippen LogP contribution in [0.5, 0.6) is 0 Å². The Morgan fingerprint density at radius 1 is 1.27 bits per heavy atom. The number of methoxy groups -OCH3 is 1. The van der Waals surface area contributed by atoms with Gasteiger partial charge in [-0.3, -0.25) is 0 Å². The number of aromatic nitrogens is 2. The van der Waals surface area contributed by atoms with Gasteiger partial charge in [-0.05, 0) is 60.6 Å². The Hall–Kier alpha value is -3.00. The Bertz CT molecular complexity index is 1210. The molecule has 0 N–H and O–H groups in total. The first-order valence-corrected chi connectivity index (χ1v) is 11.2. The third kappa shape index (κ3) is 3.97. The molecule has 8 heteroatoms. The van der Waals surface area contributed by atoms with Gasteiger partial charge in [-0.2, -0.15) is 0 Å². The number of carbonyl (C=O) groups is 1. The third-order valence-corrected chi connectivity index (χ3v) is 6.85. The van der Waals surface area contributed by atoms with Crippen molar-refractivity contribution in [1.29, 1.82) is 0 Å². The molecule has 2 aromatic heterocycles. The number of imidazole rings is 1. The summed E-state index contributed by atoms with van der Waals surface area (Å²) in [7, 11) is 1.34. The van der Waals surface area contributed by atoms with E-state index in [0.29, 0.717) is 43.0 Å². The van der Waals surface area contributed by atoms with E-state index < -0.39 is 17.7 Å². The maximum absolute atomic E-state index is 15.3. The number of amides is 1. The molecule has 33 heavy (non-hydrogen) atoms. The molecule has 6 nitrogen and oxygen atoms in total. The van der Waals surface area contributed by atoms with Crippen molar-refractivity contribution in [3.05, 3.63) is 58.9 Å². The quantitative estimate of drug-likeness (QED) is 0.575. The second-order valence-corrected chi connectivity index (χ2v) is 9.33. The number of hydrogen-bond donors (Lipinski definition) is 0. The number of morpholine rings is 1. The molecule has 1 aromatic carbocycles. The van der Waals surface area contributed by atoms with Gasteiger partial charge in [0.05, 0.1) is 43.3 Å². The Morgan fingerprint density at radius 2 is 2.00 bits per heavy atom. The summed E-state index contributed by atoms with van der Waals surface area (Å²) in [6.45, 7) is 5.09. The molecule has 0 bridgehead atoms. The molecule has 1 saturated heterocycles. The predicted octanol–water partition coefficient (Wildman–Crippen LogP) is 4.65. The summed E-state index contributed by atoms with van der Waals surface area (Å²) in [5.41, 5.74) is 2.93. The molecule has 1 aliphatic carbocycles. The average molecular weight is 456 g/mol. The number of halogens is 2. The SMILES string of the molecule is COC(=O)N1CCOC(Cc2c(-c3c(F)cc(C4(C)CC4)cc3F)nc3cc(C)ccn23)C1. The number of pyridine rings is 1. The van der Waals surface area contributed by atoms with Gasteiger partial charge in [-0.25, -0.2) is 18.6 Å². The van der Waals surface area contributed by atoms with E-state index in [1.807, 2.05) is 36.6 Å². The molecule has 3 heterocycles. The Morgan fingerprint density at radius 3 is 2.67 bits per heavy atom. The van der Waals surface area contributed by atoms with E-state index in [9.17, 15) is 4.79 Å². The lowest BCUT2D eigenvalue weighted by molar-refractivity contribution is -0.0241. The fourth-order valence-corrected chi connectivity index (χ4v) is 4.57. The summed E-state index contributed by atoms with van der Waals surface area (Å²) in [4.78, 5) is 18.2. The van der Waals surface area contributed by atoms with E-state index in [1.165, 1.54) is 19.2 Å². The van der Waals surface area contributed by atoms with Crippen LogP contribution >= 0.6 is 0 Å². The van der Waals surface area contributed by atoms with Crippen molar-refractivity contribution < 1.29 is 23.0 Å². The standard InChI is InChI=1S/C25H27F2N3O3/c1-15-4-7-30-20(13-17-14-29(8-9-33-17)24(31)32-3)23(28-21(30)10-15)22-18(26)11-16(12-19(22)27)25(2)5-6-25/h4,7,10-12,17H,5-6,8-9,13-14H2,1-3H3. The summed E-state index contributed by atoms with van der Waals surface area (Å²) >= 11 is 0. The Balaban J connectivity index is 1.57. The third-order valence-electron chi connectivity index (χ3n) is 6.85. The van der Waals surface area contributed by atoms with Crippen LogP contribution in [0.1, 0.15) is 36.6 Å². The molecule has 1 aliphatic heterocycles. The van der Waals surface area contributed by atoms with Crippen LogP contribution in [-0.4, -0.2) is 53.3 Å². The lowest BCUT2D eigenvalue weighted by Crippen LogP contribution is -2.46. The monoisotopic (exact) mass is 455 g/mol. The van der Waals surface area contributed by atoms with Crippen molar-refractivity contribution >= 4 is 11.7 Å². The number of aryl methyl sites for hydroxylation is 1. The smallest absolute Gasteiger partial charge is 0.409 e. The highest BCUT2D eigenvalue weighted by Crippen LogP contribution is 2.48. The molecule has 1 atom stereocenters. The Kier molecular flexibility index (Phi) is 5.35. The topological polar surface area (TPSA) is 56.1 Å². The zero-order valence-corrected chi connectivity index (χ0v) is 19.0. The van der Waals surface area contributed by atoms with Gasteiger partial charge in [0, 0.05) is 19.2 Å². The molecule has 2 aliphatic rings. The average Bonchev–Trinajstić information content (AvgIpc) is 3.46. The van der Waals surface area contributed by atoms with Gasteiger partial charge in [-0.1, -0.05) is 6.92 Å². The van der Waals surface area contributed by atoms with Crippen molar-refractivity contribution in [3.8, 4) is 11.3 Å². The molecule has 0 spiro atoms. The first kappa shape index (κ1) is 21.8. The van der Waals surface area contributed by atoms with Crippen LogP contribution in [0.2, 0.25) is 0 Å². The number of carbonyl (C=O) groups excluding carboxylic acids is 1. The van der Waals surface area contributed by atoms with Crippen molar-refractivity contribution in [2.45, 2.75) is 44.6 Å². The second kappa shape index (κ2) is 8.09. The van der Waals surface area contributed by atoms with E-state index >= 15 is 8.78 Å². The molecule has 0 radical (unpaired) electrons. The number of hydrogen-bond acceptors (Lipinski definition) is 4. The Labute approximate surface area is 191 Å².